The maximum atomic E-state index is 12.0. The van der Waals surface area contributed by atoms with Gasteiger partial charge in [-0.3, -0.25) is 9.59 Å². The van der Waals surface area contributed by atoms with Gasteiger partial charge in [-0.05, 0) is 54.8 Å². The van der Waals surface area contributed by atoms with Crippen molar-refractivity contribution in [1.29, 1.82) is 0 Å². The van der Waals surface area contributed by atoms with E-state index in [4.69, 9.17) is 9.47 Å². The second kappa shape index (κ2) is 8.87. The zero-order chi connectivity index (χ0) is 18.2. The first kappa shape index (κ1) is 18.5. The van der Waals surface area contributed by atoms with Crippen molar-refractivity contribution in [2.45, 2.75) is 20.3 Å². The van der Waals surface area contributed by atoms with E-state index >= 15 is 0 Å². The predicted octanol–water partition coefficient (Wildman–Crippen LogP) is 2.83. The number of benzene rings is 2. The molecule has 2 aromatic rings. The fourth-order valence-electron chi connectivity index (χ4n) is 2.26. The molecule has 0 spiro atoms. The Morgan fingerprint density at radius 3 is 2.36 bits per heavy atom. The van der Waals surface area contributed by atoms with Gasteiger partial charge in [-0.15, -0.1) is 0 Å². The van der Waals surface area contributed by atoms with Crippen LogP contribution >= 0.6 is 0 Å². The molecule has 0 radical (unpaired) electrons. The number of hydrogen-bond donors (Lipinski definition) is 1. The van der Waals surface area contributed by atoms with E-state index in [2.05, 4.69) is 5.32 Å². The summed E-state index contributed by atoms with van der Waals surface area (Å²) in [6.07, 6.45) is 0.612. The van der Waals surface area contributed by atoms with Crippen LogP contribution in [0, 0.1) is 13.8 Å². The summed E-state index contributed by atoms with van der Waals surface area (Å²) in [6, 6.07) is 13.0. The monoisotopic (exact) mass is 341 g/mol. The number of carbonyl (C=O) groups is 2. The van der Waals surface area contributed by atoms with Crippen LogP contribution in [0.3, 0.4) is 0 Å². The van der Waals surface area contributed by atoms with E-state index in [1.54, 1.807) is 19.2 Å². The van der Waals surface area contributed by atoms with E-state index in [0.717, 1.165) is 22.4 Å². The second-order valence-corrected chi connectivity index (χ2v) is 5.80. The molecule has 1 N–H and O–H groups in total. The molecule has 0 bridgehead atoms. The zero-order valence-electron chi connectivity index (χ0n) is 14.8. The first-order chi connectivity index (χ1) is 12.0. The SMILES string of the molecule is COc1ccc(CCOC(=O)CNC(=O)c2ccc(C)c(C)c2)cc1. The number of hydrogen-bond acceptors (Lipinski definition) is 4. The molecule has 25 heavy (non-hydrogen) atoms. The molecule has 0 aromatic heterocycles. The summed E-state index contributed by atoms with van der Waals surface area (Å²) >= 11 is 0. The average Bonchev–Trinajstić information content (AvgIpc) is 2.62. The minimum absolute atomic E-state index is 0.144. The van der Waals surface area contributed by atoms with Crippen LogP contribution in [0.1, 0.15) is 27.0 Å². The largest absolute Gasteiger partial charge is 0.497 e. The number of aryl methyl sites for hydroxylation is 2. The first-order valence-electron chi connectivity index (χ1n) is 8.13. The molecule has 132 valence electrons. The summed E-state index contributed by atoms with van der Waals surface area (Å²) < 4.78 is 10.2. The highest BCUT2D eigenvalue weighted by Crippen LogP contribution is 2.12. The summed E-state index contributed by atoms with van der Waals surface area (Å²) in [5.41, 5.74) is 3.74. The van der Waals surface area contributed by atoms with E-state index < -0.39 is 5.97 Å². The molecule has 2 rings (SSSR count). The maximum absolute atomic E-state index is 12.0. The number of amides is 1. The van der Waals surface area contributed by atoms with Crippen LogP contribution in [0.25, 0.3) is 0 Å². The lowest BCUT2D eigenvalue weighted by atomic mass is 10.1. The van der Waals surface area contributed by atoms with Crippen LogP contribution in [-0.2, 0) is 16.0 Å². The molecule has 0 fully saturated rings. The normalized spacial score (nSPS) is 10.2. The number of nitrogens with one attached hydrogen (secondary N) is 1. The van der Waals surface area contributed by atoms with Gasteiger partial charge in [-0.1, -0.05) is 18.2 Å². The van der Waals surface area contributed by atoms with Crippen molar-refractivity contribution in [1.82, 2.24) is 5.32 Å². The third kappa shape index (κ3) is 5.64. The molecule has 1 amide bonds. The number of carbonyl (C=O) groups excluding carboxylic acids is 2. The molecule has 0 aliphatic rings. The molecule has 0 aliphatic carbocycles. The molecular weight excluding hydrogens is 318 g/mol. The molecular formula is C20H23NO4. The summed E-state index contributed by atoms with van der Waals surface area (Å²) in [5, 5.41) is 2.58. The van der Waals surface area contributed by atoms with Gasteiger partial charge in [-0.25, -0.2) is 0 Å². The van der Waals surface area contributed by atoms with Crippen LogP contribution in [0.5, 0.6) is 5.75 Å². The smallest absolute Gasteiger partial charge is 0.325 e. The van der Waals surface area contributed by atoms with Gasteiger partial charge in [0.25, 0.3) is 5.91 Å². The number of rotatable bonds is 7. The van der Waals surface area contributed by atoms with Crippen LogP contribution < -0.4 is 10.1 Å². The Kier molecular flexibility index (Phi) is 6.57. The van der Waals surface area contributed by atoms with Crippen LogP contribution in [-0.4, -0.2) is 32.1 Å². The van der Waals surface area contributed by atoms with Gasteiger partial charge in [0.2, 0.25) is 0 Å². The van der Waals surface area contributed by atoms with Crippen molar-refractivity contribution in [3.05, 3.63) is 64.7 Å². The van der Waals surface area contributed by atoms with E-state index in [1.165, 1.54) is 0 Å². The summed E-state index contributed by atoms with van der Waals surface area (Å²) in [7, 11) is 1.61. The first-order valence-corrected chi connectivity index (χ1v) is 8.13. The summed E-state index contributed by atoms with van der Waals surface area (Å²) in [5.74, 6) is 0.0516. The van der Waals surface area contributed by atoms with Crippen LogP contribution in [0.2, 0.25) is 0 Å². The van der Waals surface area contributed by atoms with Gasteiger partial charge < -0.3 is 14.8 Å². The molecule has 0 atom stereocenters. The van der Waals surface area contributed by atoms with Crippen molar-refractivity contribution < 1.29 is 19.1 Å². The fraction of sp³-hybridized carbons (Fsp3) is 0.300. The van der Waals surface area contributed by atoms with Crippen molar-refractivity contribution in [3.63, 3.8) is 0 Å². The van der Waals surface area contributed by atoms with Crippen molar-refractivity contribution in [2.24, 2.45) is 0 Å². The van der Waals surface area contributed by atoms with Gasteiger partial charge in [0.1, 0.15) is 12.3 Å². The highest BCUT2D eigenvalue weighted by molar-refractivity contribution is 5.96. The lowest BCUT2D eigenvalue weighted by Gasteiger charge is -2.08. The Hall–Kier alpha value is -2.82. The van der Waals surface area contributed by atoms with Crippen LogP contribution in [0.15, 0.2) is 42.5 Å². The quantitative estimate of drug-likeness (QED) is 0.787. The number of methoxy groups -OCH3 is 1. The van der Waals surface area contributed by atoms with Gasteiger partial charge in [0.05, 0.1) is 13.7 Å². The lowest BCUT2D eigenvalue weighted by molar-refractivity contribution is -0.142. The van der Waals surface area contributed by atoms with Crippen molar-refractivity contribution in [2.75, 3.05) is 20.3 Å². The Morgan fingerprint density at radius 1 is 1.00 bits per heavy atom. The average molecular weight is 341 g/mol. The number of ether oxygens (including phenoxy) is 2. The van der Waals surface area contributed by atoms with Crippen LogP contribution in [0.4, 0.5) is 0 Å². The second-order valence-electron chi connectivity index (χ2n) is 5.80. The molecule has 5 heteroatoms. The molecule has 5 nitrogen and oxygen atoms in total. The Morgan fingerprint density at radius 2 is 1.72 bits per heavy atom. The molecule has 0 saturated carbocycles. The van der Waals surface area contributed by atoms with E-state index in [1.807, 2.05) is 44.2 Å². The Bertz CT molecular complexity index is 738. The molecule has 0 unspecified atom stereocenters. The molecule has 0 saturated heterocycles. The Balaban J connectivity index is 1.72. The molecule has 0 heterocycles. The highest BCUT2D eigenvalue weighted by Gasteiger charge is 2.09. The van der Waals surface area contributed by atoms with Crippen molar-refractivity contribution in [3.8, 4) is 5.75 Å². The highest BCUT2D eigenvalue weighted by atomic mass is 16.5. The summed E-state index contributed by atoms with van der Waals surface area (Å²) in [4.78, 5) is 23.8. The Labute approximate surface area is 148 Å². The predicted molar refractivity (Wildman–Crippen MR) is 95.9 cm³/mol. The minimum Gasteiger partial charge on any atom is -0.497 e. The van der Waals surface area contributed by atoms with E-state index in [0.29, 0.717) is 12.0 Å². The third-order valence-electron chi connectivity index (χ3n) is 3.98. The number of esters is 1. The standard InChI is InChI=1S/C20H23NO4/c1-14-4-7-17(12-15(14)2)20(23)21-13-19(22)25-11-10-16-5-8-18(24-3)9-6-16/h4-9,12H,10-11,13H2,1-3H3,(H,21,23). The van der Waals surface area contributed by atoms with E-state index in [9.17, 15) is 9.59 Å². The zero-order valence-corrected chi connectivity index (χ0v) is 14.8. The summed E-state index contributed by atoms with van der Waals surface area (Å²) in [6.45, 7) is 4.05. The third-order valence-corrected chi connectivity index (χ3v) is 3.98. The van der Waals surface area contributed by atoms with E-state index in [-0.39, 0.29) is 19.1 Å². The van der Waals surface area contributed by atoms with Gasteiger partial charge in [0, 0.05) is 12.0 Å². The maximum Gasteiger partial charge on any atom is 0.325 e. The molecule has 0 aliphatic heterocycles. The van der Waals surface area contributed by atoms with Gasteiger partial charge in [-0.2, -0.15) is 0 Å². The fourth-order valence-corrected chi connectivity index (χ4v) is 2.26. The minimum atomic E-state index is -0.453. The van der Waals surface area contributed by atoms with Gasteiger partial charge in [0.15, 0.2) is 0 Å². The van der Waals surface area contributed by atoms with Gasteiger partial charge >= 0.3 is 5.97 Å². The lowest BCUT2D eigenvalue weighted by Crippen LogP contribution is -2.31. The topological polar surface area (TPSA) is 64.6 Å². The van der Waals surface area contributed by atoms with Crippen molar-refractivity contribution >= 4 is 11.9 Å². The molecule has 2 aromatic carbocycles.